The molecule has 0 saturated carbocycles. The van der Waals surface area contributed by atoms with E-state index in [4.69, 9.17) is 4.74 Å². The molecule has 0 aliphatic heterocycles. The largest absolute Gasteiger partial charge is 0.497 e. The Kier molecular flexibility index (Phi) is 2.56. The van der Waals surface area contributed by atoms with Crippen molar-refractivity contribution in [1.82, 2.24) is 4.98 Å². The third kappa shape index (κ3) is 1.59. The van der Waals surface area contributed by atoms with Crippen molar-refractivity contribution in [2.75, 3.05) is 7.11 Å². The van der Waals surface area contributed by atoms with Crippen LogP contribution in [0.25, 0.3) is 0 Å². The van der Waals surface area contributed by atoms with E-state index >= 15 is 0 Å². The number of ether oxygens (including phenoxy) is 1. The van der Waals surface area contributed by atoms with E-state index in [1.807, 2.05) is 30.3 Å². The number of fused-ring (bicyclic) bond motifs is 1. The van der Waals surface area contributed by atoms with E-state index in [1.54, 1.807) is 19.5 Å². The fourth-order valence-electron chi connectivity index (χ4n) is 2.64. The third-order valence-electron chi connectivity index (χ3n) is 3.66. The van der Waals surface area contributed by atoms with Gasteiger partial charge in [-0.15, -0.1) is 0 Å². The van der Waals surface area contributed by atoms with E-state index in [9.17, 15) is 5.11 Å². The van der Waals surface area contributed by atoms with Gasteiger partial charge in [0, 0.05) is 18.0 Å². The maximum atomic E-state index is 10.9. The van der Waals surface area contributed by atoms with Crippen LogP contribution in [0.1, 0.15) is 23.1 Å². The second-order valence-electron chi connectivity index (χ2n) is 4.63. The first-order valence-electron chi connectivity index (χ1n) is 6.04. The molecule has 1 aliphatic carbocycles. The molecule has 3 heteroatoms. The Morgan fingerprint density at radius 3 is 2.94 bits per heavy atom. The number of aromatic nitrogens is 1. The van der Waals surface area contributed by atoms with Crippen LogP contribution in [0.4, 0.5) is 0 Å². The second kappa shape index (κ2) is 4.10. The third-order valence-corrected chi connectivity index (χ3v) is 3.66. The van der Waals surface area contributed by atoms with Crippen LogP contribution in [0.15, 0.2) is 42.7 Å². The van der Waals surface area contributed by atoms with Crippen LogP contribution >= 0.6 is 0 Å². The fourth-order valence-corrected chi connectivity index (χ4v) is 2.64. The number of aliphatic hydroxyl groups is 1. The van der Waals surface area contributed by atoms with Crippen LogP contribution in [-0.2, 0) is 12.0 Å². The SMILES string of the molecule is COc1ccc2c(c1)C(O)(c1cccnc1)CC2. The molecular weight excluding hydrogens is 226 g/mol. The van der Waals surface area contributed by atoms with Crippen LogP contribution in [-0.4, -0.2) is 17.2 Å². The topological polar surface area (TPSA) is 42.4 Å². The highest BCUT2D eigenvalue weighted by atomic mass is 16.5. The van der Waals surface area contributed by atoms with Gasteiger partial charge in [0.05, 0.1) is 7.11 Å². The number of benzene rings is 1. The highest BCUT2D eigenvalue weighted by molar-refractivity contribution is 5.47. The molecule has 2 aromatic rings. The van der Waals surface area contributed by atoms with Gasteiger partial charge in [-0.2, -0.15) is 0 Å². The summed E-state index contributed by atoms with van der Waals surface area (Å²) in [6.45, 7) is 0. The number of rotatable bonds is 2. The molecule has 3 rings (SSSR count). The van der Waals surface area contributed by atoms with Gasteiger partial charge in [-0.3, -0.25) is 4.98 Å². The Morgan fingerprint density at radius 2 is 2.22 bits per heavy atom. The standard InChI is InChI=1S/C15H15NO2/c1-18-13-5-4-11-6-7-15(17,14(11)9-13)12-3-2-8-16-10-12/h2-5,8-10,17H,6-7H2,1H3. The summed E-state index contributed by atoms with van der Waals surface area (Å²) in [6.07, 6.45) is 5.02. The van der Waals surface area contributed by atoms with Crippen LogP contribution in [0.5, 0.6) is 5.75 Å². The molecule has 0 saturated heterocycles. The first kappa shape index (κ1) is 11.2. The van der Waals surface area contributed by atoms with Crippen molar-refractivity contribution >= 4 is 0 Å². The first-order valence-corrected chi connectivity index (χ1v) is 6.04. The molecule has 3 nitrogen and oxygen atoms in total. The summed E-state index contributed by atoms with van der Waals surface area (Å²) < 4.78 is 5.24. The first-order chi connectivity index (χ1) is 8.74. The molecule has 1 aliphatic rings. The van der Waals surface area contributed by atoms with Gasteiger partial charge in [0.2, 0.25) is 0 Å². The van der Waals surface area contributed by atoms with Gasteiger partial charge in [-0.25, -0.2) is 0 Å². The zero-order chi connectivity index (χ0) is 12.6. The van der Waals surface area contributed by atoms with E-state index in [1.165, 1.54) is 5.56 Å². The van der Waals surface area contributed by atoms with Crippen molar-refractivity contribution < 1.29 is 9.84 Å². The number of aryl methyl sites for hydroxylation is 1. The van der Waals surface area contributed by atoms with Crippen molar-refractivity contribution in [2.45, 2.75) is 18.4 Å². The molecule has 1 N–H and O–H groups in total. The molecule has 0 amide bonds. The second-order valence-corrected chi connectivity index (χ2v) is 4.63. The number of hydrogen-bond acceptors (Lipinski definition) is 3. The van der Waals surface area contributed by atoms with Crippen molar-refractivity contribution in [1.29, 1.82) is 0 Å². The minimum Gasteiger partial charge on any atom is -0.497 e. The lowest BCUT2D eigenvalue weighted by molar-refractivity contribution is 0.0823. The van der Waals surface area contributed by atoms with Gasteiger partial charge in [-0.05, 0) is 42.2 Å². The normalized spacial score (nSPS) is 21.7. The number of nitrogens with zero attached hydrogens (tertiary/aromatic N) is 1. The molecule has 0 bridgehead atoms. The summed E-state index contributed by atoms with van der Waals surface area (Å²) in [5, 5.41) is 10.9. The van der Waals surface area contributed by atoms with E-state index in [0.717, 1.165) is 23.3 Å². The molecule has 1 unspecified atom stereocenters. The molecule has 1 aromatic heterocycles. The predicted octanol–water partition coefficient (Wildman–Crippen LogP) is 2.27. The zero-order valence-corrected chi connectivity index (χ0v) is 10.3. The van der Waals surface area contributed by atoms with Crippen molar-refractivity contribution in [3.63, 3.8) is 0 Å². The Bertz CT molecular complexity index is 568. The summed E-state index contributed by atoms with van der Waals surface area (Å²) in [4.78, 5) is 4.10. The monoisotopic (exact) mass is 241 g/mol. The molecule has 0 spiro atoms. The van der Waals surface area contributed by atoms with Crippen LogP contribution in [0.3, 0.4) is 0 Å². The molecule has 1 atom stereocenters. The van der Waals surface area contributed by atoms with E-state index in [-0.39, 0.29) is 0 Å². The molecule has 1 heterocycles. The Hall–Kier alpha value is -1.87. The van der Waals surface area contributed by atoms with E-state index < -0.39 is 5.60 Å². The molecule has 92 valence electrons. The Morgan fingerprint density at radius 1 is 1.33 bits per heavy atom. The van der Waals surface area contributed by atoms with Gasteiger partial charge in [0.25, 0.3) is 0 Å². The van der Waals surface area contributed by atoms with Gasteiger partial charge in [0.1, 0.15) is 11.4 Å². The van der Waals surface area contributed by atoms with E-state index in [0.29, 0.717) is 6.42 Å². The van der Waals surface area contributed by atoms with Crippen LogP contribution in [0.2, 0.25) is 0 Å². The predicted molar refractivity (Wildman–Crippen MR) is 68.6 cm³/mol. The lowest BCUT2D eigenvalue weighted by atomic mass is 9.89. The summed E-state index contributed by atoms with van der Waals surface area (Å²) in [7, 11) is 1.64. The molecule has 0 radical (unpaired) electrons. The maximum absolute atomic E-state index is 10.9. The van der Waals surface area contributed by atoms with Crippen molar-refractivity contribution in [3.05, 3.63) is 59.4 Å². The summed E-state index contributed by atoms with van der Waals surface area (Å²) >= 11 is 0. The fraction of sp³-hybridized carbons (Fsp3) is 0.267. The summed E-state index contributed by atoms with van der Waals surface area (Å²) in [5.41, 5.74) is 2.03. The molecule has 18 heavy (non-hydrogen) atoms. The maximum Gasteiger partial charge on any atom is 0.119 e. The molecular formula is C15H15NO2. The zero-order valence-electron chi connectivity index (χ0n) is 10.3. The number of methoxy groups -OCH3 is 1. The van der Waals surface area contributed by atoms with Gasteiger partial charge < -0.3 is 9.84 Å². The van der Waals surface area contributed by atoms with Crippen LogP contribution in [0, 0.1) is 0 Å². The highest BCUT2D eigenvalue weighted by Crippen LogP contribution is 2.42. The number of hydrogen-bond donors (Lipinski definition) is 1. The molecule has 0 fully saturated rings. The summed E-state index contributed by atoms with van der Waals surface area (Å²) in [5.74, 6) is 0.776. The van der Waals surface area contributed by atoms with Gasteiger partial charge in [0.15, 0.2) is 0 Å². The highest BCUT2D eigenvalue weighted by Gasteiger charge is 2.38. The Balaban J connectivity index is 2.13. The smallest absolute Gasteiger partial charge is 0.119 e. The van der Waals surface area contributed by atoms with Gasteiger partial charge in [-0.1, -0.05) is 12.1 Å². The van der Waals surface area contributed by atoms with Gasteiger partial charge >= 0.3 is 0 Å². The lowest BCUT2D eigenvalue weighted by Crippen LogP contribution is -2.24. The van der Waals surface area contributed by atoms with Crippen molar-refractivity contribution in [3.8, 4) is 5.75 Å². The van der Waals surface area contributed by atoms with E-state index in [2.05, 4.69) is 4.98 Å². The minimum atomic E-state index is -0.932. The summed E-state index contributed by atoms with van der Waals surface area (Å²) in [6, 6.07) is 9.67. The quantitative estimate of drug-likeness (QED) is 0.877. The average Bonchev–Trinajstić information content (AvgIpc) is 2.78. The van der Waals surface area contributed by atoms with Crippen molar-refractivity contribution in [2.24, 2.45) is 0 Å². The Labute approximate surface area is 106 Å². The molecule has 1 aromatic carbocycles. The van der Waals surface area contributed by atoms with Crippen LogP contribution < -0.4 is 4.74 Å². The average molecular weight is 241 g/mol. The minimum absolute atomic E-state index is 0.696. The lowest BCUT2D eigenvalue weighted by Gasteiger charge is -2.24. The number of pyridine rings is 1.